The second-order valence-corrected chi connectivity index (χ2v) is 4.94. The van der Waals surface area contributed by atoms with Gasteiger partial charge in [-0.2, -0.15) is 0 Å². The third-order valence-corrected chi connectivity index (χ3v) is 3.39. The number of esters is 1. The van der Waals surface area contributed by atoms with Gasteiger partial charge in [-0.3, -0.25) is 4.48 Å². The largest absolute Gasteiger partial charge is 1.00 e. The molecule has 0 aromatic carbocycles. The van der Waals surface area contributed by atoms with Crippen LogP contribution >= 0.6 is 0 Å². The summed E-state index contributed by atoms with van der Waals surface area (Å²) in [7, 11) is 1.47. The molecule has 4 bridgehead atoms. The number of carbonyl (C=O) groups excluding carboxylic acids is 1. The minimum Gasteiger partial charge on any atom is -1.00 e. The predicted octanol–water partition coefficient (Wildman–Crippen LogP) is -4.33. The minimum absolute atomic E-state index is 0. The first-order valence-electron chi connectivity index (χ1n) is 5.28. The van der Waals surface area contributed by atoms with Gasteiger partial charge in [0.2, 0.25) is 0 Å². The molecule has 0 aromatic heterocycles. The van der Waals surface area contributed by atoms with E-state index in [1.54, 1.807) is 0 Å². The summed E-state index contributed by atoms with van der Waals surface area (Å²) in [4.78, 5) is 18.6. The van der Waals surface area contributed by atoms with E-state index in [2.05, 4.69) is 14.7 Å². The number of halogens is 1. The predicted molar refractivity (Wildman–Crippen MR) is 51.9 cm³/mol. The Labute approximate surface area is 101 Å². The molecule has 4 saturated heterocycles. The lowest BCUT2D eigenvalue weighted by atomic mass is 10.3. The van der Waals surface area contributed by atoms with Crippen LogP contribution in [0.2, 0.25) is 0 Å². The molecule has 0 spiro atoms. The standard InChI is InChI=1S/C9H17N4O2.ClH/c1-15-9(14)2-13-6-10-3-11(7-13)5-12(4-10)8-13;/h2-8H2,1H3;1H/q+1;/p-1. The number of carbonyl (C=O) groups is 1. The van der Waals surface area contributed by atoms with Crippen molar-refractivity contribution in [1.82, 2.24) is 14.7 Å². The molecule has 16 heavy (non-hydrogen) atoms. The fourth-order valence-corrected chi connectivity index (χ4v) is 3.15. The van der Waals surface area contributed by atoms with Crippen molar-refractivity contribution in [3.8, 4) is 0 Å². The molecule has 0 unspecified atom stereocenters. The van der Waals surface area contributed by atoms with Gasteiger partial charge in [0, 0.05) is 0 Å². The summed E-state index contributed by atoms with van der Waals surface area (Å²) in [5.74, 6) is -0.0967. The van der Waals surface area contributed by atoms with Crippen LogP contribution in [0.3, 0.4) is 0 Å². The van der Waals surface area contributed by atoms with Crippen LogP contribution in [0.15, 0.2) is 0 Å². The molecule has 4 fully saturated rings. The number of hydrogen-bond acceptors (Lipinski definition) is 5. The van der Waals surface area contributed by atoms with E-state index in [1.165, 1.54) is 7.11 Å². The molecule has 6 nitrogen and oxygen atoms in total. The first-order valence-corrected chi connectivity index (χ1v) is 5.28. The molecule has 0 aliphatic carbocycles. The van der Waals surface area contributed by atoms with Crippen LogP contribution in [0.1, 0.15) is 0 Å². The fourth-order valence-electron chi connectivity index (χ4n) is 3.15. The molecule has 0 saturated carbocycles. The van der Waals surface area contributed by atoms with Crippen LogP contribution in [0.5, 0.6) is 0 Å². The molecule has 4 aliphatic rings. The van der Waals surface area contributed by atoms with Gasteiger partial charge in [-0.25, -0.2) is 19.5 Å². The normalized spacial score (nSPS) is 43.9. The van der Waals surface area contributed by atoms with Gasteiger partial charge in [0.05, 0.1) is 27.1 Å². The lowest BCUT2D eigenvalue weighted by molar-refractivity contribution is -0.974. The zero-order valence-corrected chi connectivity index (χ0v) is 10.2. The quantitative estimate of drug-likeness (QED) is 0.365. The first kappa shape index (κ1) is 12.1. The van der Waals surface area contributed by atoms with E-state index in [1.807, 2.05) is 0 Å². The van der Waals surface area contributed by atoms with Gasteiger partial charge in [-0.15, -0.1) is 0 Å². The Morgan fingerprint density at radius 3 is 1.94 bits per heavy atom. The molecular weight excluding hydrogens is 232 g/mol. The van der Waals surface area contributed by atoms with Crippen LogP contribution in [0, 0.1) is 0 Å². The Hall–Kier alpha value is -0.400. The Morgan fingerprint density at radius 1 is 1.12 bits per heavy atom. The zero-order valence-electron chi connectivity index (χ0n) is 9.43. The van der Waals surface area contributed by atoms with E-state index in [0.717, 1.165) is 44.5 Å². The number of rotatable bonds is 2. The maximum Gasteiger partial charge on any atom is 0.361 e. The highest BCUT2D eigenvalue weighted by molar-refractivity contribution is 5.70. The summed E-state index contributed by atoms with van der Waals surface area (Å²) in [5, 5.41) is 0. The van der Waals surface area contributed by atoms with Crippen molar-refractivity contribution in [2.75, 3.05) is 53.7 Å². The SMILES string of the molecule is COC(=O)C[N+]12CN3CN(CN(C3)C1)C2.[Cl-]. The van der Waals surface area contributed by atoms with Gasteiger partial charge < -0.3 is 17.1 Å². The highest BCUT2D eigenvalue weighted by atomic mass is 35.5. The van der Waals surface area contributed by atoms with Gasteiger partial charge in [0.1, 0.15) is 20.0 Å². The summed E-state index contributed by atoms with van der Waals surface area (Å²) in [5.41, 5.74) is 0. The summed E-state index contributed by atoms with van der Waals surface area (Å²) >= 11 is 0. The third-order valence-electron chi connectivity index (χ3n) is 3.39. The Kier molecular flexibility index (Phi) is 3.11. The molecule has 0 atom stereocenters. The molecule has 4 rings (SSSR count). The maximum atomic E-state index is 11.4. The van der Waals surface area contributed by atoms with Gasteiger partial charge in [0.25, 0.3) is 0 Å². The summed E-state index contributed by atoms with van der Waals surface area (Å²) < 4.78 is 5.61. The average Bonchev–Trinajstić information content (AvgIpc) is 2.14. The highest BCUT2D eigenvalue weighted by Gasteiger charge is 2.49. The molecule has 0 radical (unpaired) electrons. The van der Waals surface area contributed by atoms with Crippen molar-refractivity contribution in [2.45, 2.75) is 0 Å². The molecule has 92 valence electrons. The number of hydrogen-bond donors (Lipinski definition) is 0. The van der Waals surface area contributed by atoms with E-state index in [9.17, 15) is 4.79 Å². The van der Waals surface area contributed by atoms with Crippen molar-refractivity contribution in [3.63, 3.8) is 0 Å². The van der Waals surface area contributed by atoms with Crippen LogP contribution in [0.25, 0.3) is 0 Å². The lowest BCUT2D eigenvalue weighted by Crippen LogP contribution is -3.00. The summed E-state index contributed by atoms with van der Waals surface area (Å²) in [6, 6.07) is 0. The Balaban J connectivity index is 0.000000963. The van der Waals surface area contributed by atoms with Crippen molar-refractivity contribution >= 4 is 5.97 Å². The summed E-state index contributed by atoms with van der Waals surface area (Å²) in [6.45, 7) is 6.62. The van der Waals surface area contributed by atoms with E-state index in [4.69, 9.17) is 4.74 Å². The van der Waals surface area contributed by atoms with Gasteiger partial charge in [-0.05, 0) is 0 Å². The van der Waals surface area contributed by atoms with Crippen LogP contribution in [-0.2, 0) is 9.53 Å². The van der Waals surface area contributed by atoms with Crippen molar-refractivity contribution in [1.29, 1.82) is 0 Å². The number of ether oxygens (including phenoxy) is 1. The zero-order chi connectivity index (χ0) is 10.5. The maximum absolute atomic E-state index is 11.4. The second-order valence-electron chi connectivity index (χ2n) is 4.94. The summed E-state index contributed by atoms with van der Waals surface area (Å²) in [6.07, 6.45) is 0. The van der Waals surface area contributed by atoms with Crippen LogP contribution in [0.4, 0.5) is 0 Å². The first-order chi connectivity index (χ1) is 7.19. The van der Waals surface area contributed by atoms with Crippen molar-refractivity contribution in [3.05, 3.63) is 0 Å². The van der Waals surface area contributed by atoms with E-state index in [0.29, 0.717) is 6.54 Å². The van der Waals surface area contributed by atoms with E-state index >= 15 is 0 Å². The Bertz CT molecular complexity index is 264. The average molecular weight is 249 g/mol. The van der Waals surface area contributed by atoms with E-state index < -0.39 is 0 Å². The molecule has 7 heteroatoms. The van der Waals surface area contributed by atoms with E-state index in [-0.39, 0.29) is 18.4 Å². The fraction of sp³-hybridized carbons (Fsp3) is 0.889. The third kappa shape index (κ3) is 1.91. The molecule has 0 amide bonds. The number of nitrogens with zero attached hydrogens (tertiary/aromatic N) is 4. The monoisotopic (exact) mass is 248 g/mol. The molecular formula is C9H17ClN4O2. The topological polar surface area (TPSA) is 36.0 Å². The number of quaternary nitrogens is 1. The molecule has 4 aliphatic heterocycles. The smallest absolute Gasteiger partial charge is 0.361 e. The molecule has 0 N–H and O–H groups in total. The molecule has 4 heterocycles. The van der Waals surface area contributed by atoms with Gasteiger partial charge >= 0.3 is 5.97 Å². The minimum atomic E-state index is -0.0967. The van der Waals surface area contributed by atoms with Crippen molar-refractivity contribution < 1.29 is 26.4 Å². The van der Waals surface area contributed by atoms with Crippen LogP contribution < -0.4 is 12.4 Å². The second kappa shape index (κ2) is 4.12. The highest BCUT2D eigenvalue weighted by Crippen LogP contribution is 2.28. The van der Waals surface area contributed by atoms with Gasteiger partial charge in [0.15, 0.2) is 6.54 Å². The lowest BCUT2D eigenvalue weighted by Gasteiger charge is -2.60. The van der Waals surface area contributed by atoms with Crippen LogP contribution in [-0.4, -0.2) is 78.8 Å². The van der Waals surface area contributed by atoms with Gasteiger partial charge in [-0.1, -0.05) is 0 Å². The molecule has 0 aromatic rings. The number of methoxy groups -OCH3 is 1. The Morgan fingerprint density at radius 2 is 1.56 bits per heavy atom. The van der Waals surface area contributed by atoms with Crippen molar-refractivity contribution in [2.24, 2.45) is 0 Å².